The van der Waals surface area contributed by atoms with Crippen molar-refractivity contribution in [1.82, 2.24) is 20.2 Å². The molecule has 124 valence electrons. The summed E-state index contributed by atoms with van der Waals surface area (Å²) >= 11 is 0. The van der Waals surface area contributed by atoms with Crippen LogP contribution < -0.4 is 4.90 Å². The SMILES string of the molecule is CC(C)CCn1nnnc1N1CCCC(C2(C)OCCO2)C1. The van der Waals surface area contributed by atoms with Crippen LogP contribution in [0.15, 0.2) is 0 Å². The molecule has 2 aliphatic heterocycles. The molecule has 0 spiro atoms. The van der Waals surface area contributed by atoms with Gasteiger partial charge >= 0.3 is 0 Å². The van der Waals surface area contributed by atoms with E-state index >= 15 is 0 Å². The molecule has 7 nitrogen and oxygen atoms in total. The van der Waals surface area contributed by atoms with Crippen LogP contribution >= 0.6 is 0 Å². The molecule has 3 rings (SSSR count). The molecule has 2 saturated heterocycles. The molecule has 0 aromatic carbocycles. The molecule has 22 heavy (non-hydrogen) atoms. The van der Waals surface area contributed by atoms with Gasteiger partial charge in [0.2, 0.25) is 5.95 Å². The lowest BCUT2D eigenvalue weighted by atomic mass is 9.90. The largest absolute Gasteiger partial charge is 0.347 e. The first-order valence-corrected chi connectivity index (χ1v) is 8.37. The van der Waals surface area contributed by atoms with E-state index in [0.29, 0.717) is 25.0 Å². The van der Waals surface area contributed by atoms with Gasteiger partial charge in [-0.05, 0) is 42.5 Å². The van der Waals surface area contributed by atoms with E-state index in [1.54, 1.807) is 0 Å². The normalized spacial score (nSPS) is 25.1. The smallest absolute Gasteiger partial charge is 0.245 e. The Balaban J connectivity index is 1.68. The summed E-state index contributed by atoms with van der Waals surface area (Å²) in [6, 6.07) is 0. The molecule has 0 amide bonds. The fourth-order valence-electron chi connectivity index (χ4n) is 3.30. The summed E-state index contributed by atoms with van der Waals surface area (Å²) in [7, 11) is 0. The highest BCUT2D eigenvalue weighted by Crippen LogP contribution is 2.35. The van der Waals surface area contributed by atoms with Crippen LogP contribution in [-0.2, 0) is 16.0 Å². The fraction of sp³-hybridized carbons (Fsp3) is 0.933. The molecule has 1 aromatic rings. The second-order valence-electron chi connectivity index (χ2n) is 6.88. The lowest BCUT2D eigenvalue weighted by molar-refractivity contribution is -0.182. The predicted molar refractivity (Wildman–Crippen MR) is 82.5 cm³/mol. The van der Waals surface area contributed by atoms with Crippen LogP contribution in [0, 0.1) is 11.8 Å². The average Bonchev–Trinajstić information content (AvgIpc) is 3.15. The van der Waals surface area contributed by atoms with Crippen molar-refractivity contribution in [3.05, 3.63) is 0 Å². The van der Waals surface area contributed by atoms with Gasteiger partial charge in [-0.2, -0.15) is 0 Å². The number of aromatic nitrogens is 4. The lowest BCUT2D eigenvalue weighted by Gasteiger charge is -2.39. The van der Waals surface area contributed by atoms with Gasteiger partial charge < -0.3 is 14.4 Å². The minimum absolute atomic E-state index is 0.360. The second kappa shape index (κ2) is 6.50. The minimum Gasteiger partial charge on any atom is -0.347 e. The monoisotopic (exact) mass is 309 g/mol. The van der Waals surface area contributed by atoms with Crippen molar-refractivity contribution >= 4 is 5.95 Å². The standard InChI is InChI=1S/C15H27N5O2/c1-12(2)6-8-20-14(16-17-18-20)19-7-4-5-13(11-19)15(3)21-9-10-22-15/h12-13H,4-11H2,1-3H3. The minimum atomic E-state index is -0.450. The number of nitrogens with zero attached hydrogens (tertiary/aromatic N) is 5. The first kappa shape index (κ1) is 15.7. The fourth-order valence-corrected chi connectivity index (χ4v) is 3.30. The first-order valence-electron chi connectivity index (χ1n) is 8.37. The molecule has 1 unspecified atom stereocenters. The third-order valence-corrected chi connectivity index (χ3v) is 4.74. The molecule has 3 heterocycles. The third kappa shape index (κ3) is 3.25. The summed E-state index contributed by atoms with van der Waals surface area (Å²) in [6.45, 7) is 10.6. The van der Waals surface area contributed by atoms with Crippen LogP contribution in [0.1, 0.15) is 40.0 Å². The van der Waals surface area contributed by atoms with Gasteiger partial charge in [0.1, 0.15) is 0 Å². The number of piperidine rings is 1. The number of hydrogen-bond acceptors (Lipinski definition) is 6. The maximum Gasteiger partial charge on any atom is 0.245 e. The Morgan fingerprint density at radius 1 is 1.32 bits per heavy atom. The molecule has 2 fully saturated rings. The lowest BCUT2D eigenvalue weighted by Crippen LogP contribution is -2.47. The summed E-state index contributed by atoms with van der Waals surface area (Å²) in [5, 5.41) is 12.3. The van der Waals surface area contributed by atoms with Crippen LogP contribution in [-0.4, -0.2) is 52.3 Å². The van der Waals surface area contributed by atoms with Crippen LogP contribution in [0.3, 0.4) is 0 Å². The summed E-state index contributed by atoms with van der Waals surface area (Å²) in [5.41, 5.74) is 0. The number of ether oxygens (including phenoxy) is 2. The molecule has 0 aliphatic carbocycles. The molecular formula is C15H27N5O2. The summed E-state index contributed by atoms with van der Waals surface area (Å²) in [5.74, 6) is 1.44. The number of rotatable bonds is 5. The highest BCUT2D eigenvalue weighted by Gasteiger charge is 2.42. The van der Waals surface area contributed by atoms with Crippen LogP contribution in [0.5, 0.6) is 0 Å². The van der Waals surface area contributed by atoms with Gasteiger partial charge in [0, 0.05) is 25.6 Å². The summed E-state index contributed by atoms with van der Waals surface area (Å²) < 4.78 is 13.6. The maximum absolute atomic E-state index is 5.85. The number of hydrogen-bond donors (Lipinski definition) is 0. The first-order chi connectivity index (χ1) is 10.6. The van der Waals surface area contributed by atoms with E-state index in [1.165, 1.54) is 0 Å². The Hall–Kier alpha value is -1.21. The van der Waals surface area contributed by atoms with Gasteiger partial charge in [-0.25, -0.2) is 4.68 Å². The van der Waals surface area contributed by atoms with E-state index in [9.17, 15) is 0 Å². The van der Waals surface area contributed by atoms with Crippen molar-refractivity contribution in [1.29, 1.82) is 0 Å². The Bertz CT molecular complexity index is 484. The van der Waals surface area contributed by atoms with E-state index in [-0.39, 0.29) is 0 Å². The molecule has 0 saturated carbocycles. The maximum atomic E-state index is 5.85. The average molecular weight is 309 g/mol. The molecule has 0 bridgehead atoms. The Labute approximate surface area is 131 Å². The Morgan fingerprint density at radius 3 is 2.82 bits per heavy atom. The number of anilines is 1. The predicted octanol–water partition coefficient (Wildman–Crippen LogP) is 1.70. The topological polar surface area (TPSA) is 65.3 Å². The zero-order valence-corrected chi connectivity index (χ0v) is 13.9. The van der Waals surface area contributed by atoms with Gasteiger partial charge in [0.05, 0.1) is 13.2 Å². The number of tetrazole rings is 1. The zero-order chi connectivity index (χ0) is 15.6. The molecule has 1 atom stereocenters. The highest BCUT2D eigenvalue weighted by molar-refractivity contribution is 5.29. The summed E-state index contributed by atoms with van der Waals surface area (Å²) in [4.78, 5) is 2.28. The zero-order valence-electron chi connectivity index (χ0n) is 13.9. The Morgan fingerprint density at radius 2 is 2.09 bits per heavy atom. The van der Waals surface area contributed by atoms with Crippen molar-refractivity contribution in [2.45, 2.75) is 52.4 Å². The van der Waals surface area contributed by atoms with Crippen LogP contribution in [0.2, 0.25) is 0 Å². The van der Waals surface area contributed by atoms with Crippen molar-refractivity contribution in [3.63, 3.8) is 0 Å². The molecule has 7 heteroatoms. The Kier molecular flexibility index (Phi) is 4.63. The van der Waals surface area contributed by atoms with E-state index in [2.05, 4.69) is 41.2 Å². The molecule has 1 aromatic heterocycles. The molecule has 0 N–H and O–H groups in total. The van der Waals surface area contributed by atoms with Crippen molar-refractivity contribution < 1.29 is 9.47 Å². The van der Waals surface area contributed by atoms with Crippen molar-refractivity contribution in [2.24, 2.45) is 11.8 Å². The van der Waals surface area contributed by atoms with E-state index in [0.717, 1.165) is 44.8 Å². The van der Waals surface area contributed by atoms with Gasteiger partial charge in [-0.15, -0.1) is 0 Å². The highest BCUT2D eigenvalue weighted by atomic mass is 16.7. The van der Waals surface area contributed by atoms with Gasteiger partial charge in [0.15, 0.2) is 5.79 Å². The number of aryl methyl sites for hydroxylation is 1. The van der Waals surface area contributed by atoms with Crippen LogP contribution in [0.4, 0.5) is 5.95 Å². The van der Waals surface area contributed by atoms with Gasteiger partial charge in [-0.1, -0.05) is 18.9 Å². The van der Waals surface area contributed by atoms with Crippen molar-refractivity contribution in [3.8, 4) is 0 Å². The third-order valence-electron chi connectivity index (χ3n) is 4.74. The molecule has 2 aliphatic rings. The van der Waals surface area contributed by atoms with E-state index < -0.39 is 5.79 Å². The molecular weight excluding hydrogens is 282 g/mol. The molecule has 0 radical (unpaired) electrons. The van der Waals surface area contributed by atoms with Gasteiger partial charge in [0.25, 0.3) is 0 Å². The van der Waals surface area contributed by atoms with E-state index in [1.807, 2.05) is 4.68 Å². The van der Waals surface area contributed by atoms with Gasteiger partial charge in [-0.3, -0.25) is 0 Å². The van der Waals surface area contributed by atoms with E-state index in [4.69, 9.17) is 9.47 Å². The van der Waals surface area contributed by atoms with Crippen molar-refractivity contribution in [2.75, 3.05) is 31.2 Å². The summed E-state index contributed by atoms with van der Waals surface area (Å²) in [6.07, 6.45) is 3.32. The quantitative estimate of drug-likeness (QED) is 0.825. The van der Waals surface area contributed by atoms with Crippen LogP contribution in [0.25, 0.3) is 0 Å². The second-order valence-corrected chi connectivity index (χ2v) is 6.88.